The van der Waals surface area contributed by atoms with E-state index in [9.17, 15) is 8.78 Å². The van der Waals surface area contributed by atoms with Crippen LogP contribution in [0.15, 0.2) is 23.6 Å². The summed E-state index contributed by atoms with van der Waals surface area (Å²) in [6, 6.07) is 0. The van der Waals surface area contributed by atoms with Gasteiger partial charge in [-0.1, -0.05) is 11.6 Å². The fourth-order valence-corrected chi connectivity index (χ4v) is 0.775. The first kappa shape index (κ1) is 6.46. The lowest BCUT2D eigenvalue weighted by Gasteiger charge is -2.09. The van der Waals surface area contributed by atoms with Gasteiger partial charge in [0.25, 0.3) is 0 Å². The van der Waals surface area contributed by atoms with Gasteiger partial charge in [-0.3, -0.25) is 0 Å². The minimum atomic E-state index is -1.39. The third-order valence-corrected chi connectivity index (χ3v) is 1.33. The third kappa shape index (κ3) is 1.37. The maximum absolute atomic E-state index is 12.3. The SMILES string of the molecule is CC1=CC=C(F)C(F)C1. The predicted octanol–water partition coefficient (Wildman–Crippen LogP) is 2.53. The van der Waals surface area contributed by atoms with E-state index in [4.69, 9.17) is 0 Å². The predicted molar refractivity (Wildman–Crippen MR) is 32.5 cm³/mol. The van der Waals surface area contributed by atoms with Crippen LogP contribution in [0.2, 0.25) is 0 Å². The number of hydrogen-bond donors (Lipinski definition) is 0. The molecule has 1 unspecified atom stereocenters. The van der Waals surface area contributed by atoms with Gasteiger partial charge in [0.1, 0.15) is 5.83 Å². The van der Waals surface area contributed by atoms with E-state index >= 15 is 0 Å². The van der Waals surface area contributed by atoms with Gasteiger partial charge in [-0.05, 0) is 13.0 Å². The monoisotopic (exact) mass is 130 g/mol. The van der Waals surface area contributed by atoms with E-state index in [0.29, 0.717) is 0 Å². The van der Waals surface area contributed by atoms with Crippen molar-refractivity contribution in [3.63, 3.8) is 0 Å². The standard InChI is InChI=1S/C7H8F2/c1-5-2-3-6(8)7(9)4-5/h2-3,7H,4H2,1H3. The minimum absolute atomic E-state index is 0.211. The molecule has 0 fully saturated rings. The number of alkyl halides is 1. The minimum Gasteiger partial charge on any atom is -0.239 e. The zero-order valence-electron chi connectivity index (χ0n) is 5.20. The molecule has 0 aliphatic heterocycles. The van der Waals surface area contributed by atoms with Crippen LogP contribution in [-0.4, -0.2) is 6.17 Å². The Hall–Kier alpha value is -0.660. The highest BCUT2D eigenvalue weighted by Crippen LogP contribution is 2.21. The Kier molecular flexibility index (Phi) is 1.65. The lowest BCUT2D eigenvalue weighted by molar-refractivity contribution is 0.320. The summed E-state index contributed by atoms with van der Waals surface area (Å²) in [6.45, 7) is 1.79. The van der Waals surface area contributed by atoms with Crippen molar-refractivity contribution in [3.05, 3.63) is 23.6 Å². The highest BCUT2D eigenvalue weighted by atomic mass is 19.2. The molecule has 0 spiro atoms. The van der Waals surface area contributed by atoms with Crippen LogP contribution in [0.3, 0.4) is 0 Å². The zero-order valence-corrected chi connectivity index (χ0v) is 5.20. The summed E-state index contributed by atoms with van der Waals surface area (Å²) in [5, 5.41) is 0. The molecule has 0 radical (unpaired) electrons. The highest BCUT2D eigenvalue weighted by Gasteiger charge is 2.15. The molecule has 0 saturated heterocycles. The smallest absolute Gasteiger partial charge is 0.155 e. The molecule has 0 bridgehead atoms. The number of hydrogen-bond acceptors (Lipinski definition) is 0. The first-order valence-electron chi connectivity index (χ1n) is 2.87. The summed E-state index contributed by atoms with van der Waals surface area (Å²) in [6.07, 6.45) is 1.60. The first-order chi connectivity index (χ1) is 4.20. The normalized spacial score (nSPS) is 27.2. The molecule has 2 heteroatoms. The van der Waals surface area contributed by atoms with Crippen LogP contribution in [0.25, 0.3) is 0 Å². The molecule has 0 N–H and O–H groups in total. The molecule has 1 rings (SSSR count). The van der Waals surface area contributed by atoms with Gasteiger partial charge in [0.05, 0.1) is 0 Å². The van der Waals surface area contributed by atoms with Crippen molar-refractivity contribution in [2.45, 2.75) is 19.5 Å². The fourth-order valence-electron chi connectivity index (χ4n) is 0.775. The molecule has 0 aromatic carbocycles. The van der Waals surface area contributed by atoms with Gasteiger partial charge in [-0.25, -0.2) is 8.78 Å². The van der Waals surface area contributed by atoms with Crippen molar-refractivity contribution in [2.24, 2.45) is 0 Å². The van der Waals surface area contributed by atoms with E-state index in [1.54, 1.807) is 13.0 Å². The Labute approximate surface area is 52.9 Å². The molecule has 50 valence electrons. The Balaban J connectivity index is 2.74. The van der Waals surface area contributed by atoms with Gasteiger partial charge in [0, 0.05) is 6.42 Å². The average molecular weight is 130 g/mol. The number of rotatable bonds is 0. The first-order valence-corrected chi connectivity index (χ1v) is 2.87. The molecule has 1 aliphatic rings. The lowest BCUT2D eigenvalue weighted by Crippen LogP contribution is -2.04. The molecule has 9 heavy (non-hydrogen) atoms. The molecular formula is C7H8F2. The molecule has 1 aliphatic carbocycles. The summed E-state index contributed by atoms with van der Waals surface area (Å²) in [5.41, 5.74) is 0.893. The summed E-state index contributed by atoms with van der Waals surface area (Å²) < 4.78 is 24.5. The molecule has 1 atom stereocenters. The number of halogens is 2. The zero-order chi connectivity index (χ0) is 6.85. The highest BCUT2D eigenvalue weighted by molar-refractivity contribution is 5.22. The van der Waals surface area contributed by atoms with Crippen LogP contribution in [0.4, 0.5) is 8.78 Å². The Bertz CT molecular complexity index is 168. The van der Waals surface area contributed by atoms with Gasteiger partial charge in [0.15, 0.2) is 6.17 Å². The second-order valence-electron chi connectivity index (χ2n) is 2.24. The van der Waals surface area contributed by atoms with Crippen LogP contribution in [0.5, 0.6) is 0 Å². The van der Waals surface area contributed by atoms with Crippen LogP contribution >= 0.6 is 0 Å². The molecule has 0 heterocycles. The molecule has 0 aromatic rings. The van der Waals surface area contributed by atoms with Crippen LogP contribution in [-0.2, 0) is 0 Å². The second-order valence-corrected chi connectivity index (χ2v) is 2.24. The van der Waals surface area contributed by atoms with Gasteiger partial charge in [0.2, 0.25) is 0 Å². The van der Waals surface area contributed by atoms with Gasteiger partial charge >= 0.3 is 0 Å². The second kappa shape index (κ2) is 2.29. The molecule has 0 amide bonds. The Morgan fingerprint density at radius 2 is 2.22 bits per heavy atom. The third-order valence-electron chi connectivity index (χ3n) is 1.33. The van der Waals surface area contributed by atoms with Gasteiger partial charge < -0.3 is 0 Å². The van der Waals surface area contributed by atoms with Crippen molar-refractivity contribution in [1.29, 1.82) is 0 Å². The van der Waals surface area contributed by atoms with Crippen molar-refractivity contribution >= 4 is 0 Å². The van der Waals surface area contributed by atoms with Crippen LogP contribution < -0.4 is 0 Å². The van der Waals surface area contributed by atoms with Crippen LogP contribution in [0.1, 0.15) is 13.3 Å². The summed E-state index contributed by atoms with van der Waals surface area (Å²) in [4.78, 5) is 0. The van der Waals surface area contributed by atoms with E-state index in [2.05, 4.69) is 0 Å². The van der Waals surface area contributed by atoms with E-state index < -0.39 is 12.0 Å². The van der Waals surface area contributed by atoms with Crippen molar-refractivity contribution in [1.82, 2.24) is 0 Å². The van der Waals surface area contributed by atoms with Gasteiger partial charge in [-0.2, -0.15) is 0 Å². The Morgan fingerprint density at radius 3 is 2.67 bits per heavy atom. The summed E-state index contributed by atoms with van der Waals surface area (Å²) >= 11 is 0. The maximum Gasteiger partial charge on any atom is 0.155 e. The largest absolute Gasteiger partial charge is 0.239 e. The summed E-state index contributed by atoms with van der Waals surface area (Å²) in [5.74, 6) is -0.652. The van der Waals surface area contributed by atoms with Crippen molar-refractivity contribution in [2.75, 3.05) is 0 Å². The van der Waals surface area contributed by atoms with E-state index in [1.165, 1.54) is 6.08 Å². The Morgan fingerprint density at radius 1 is 1.56 bits per heavy atom. The number of allylic oxidation sites excluding steroid dienone is 4. The molecule has 0 aromatic heterocycles. The lowest BCUT2D eigenvalue weighted by atomic mass is 10.0. The van der Waals surface area contributed by atoms with Crippen molar-refractivity contribution in [3.8, 4) is 0 Å². The van der Waals surface area contributed by atoms with Crippen molar-refractivity contribution < 1.29 is 8.78 Å². The average Bonchev–Trinajstić information content (AvgIpc) is 1.80. The maximum atomic E-state index is 12.3. The van der Waals surface area contributed by atoms with Crippen LogP contribution in [0, 0.1) is 0 Å². The van der Waals surface area contributed by atoms with E-state index in [1.807, 2.05) is 0 Å². The molecule has 0 saturated carbocycles. The topological polar surface area (TPSA) is 0 Å². The fraction of sp³-hybridized carbons (Fsp3) is 0.429. The summed E-state index contributed by atoms with van der Waals surface area (Å²) in [7, 11) is 0. The van der Waals surface area contributed by atoms with E-state index in [-0.39, 0.29) is 6.42 Å². The quantitative estimate of drug-likeness (QED) is 0.472. The van der Waals surface area contributed by atoms with E-state index in [0.717, 1.165) is 5.57 Å². The molecular weight excluding hydrogens is 122 g/mol. The van der Waals surface area contributed by atoms with Gasteiger partial charge in [-0.15, -0.1) is 0 Å². The molecule has 0 nitrogen and oxygen atoms in total.